The van der Waals surface area contributed by atoms with E-state index in [1.807, 2.05) is 5.38 Å². The van der Waals surface area contributed by atoms with Crippen molar-refractivity contribution in [1.82, 2.24) is 4.98 Å². The molecule has 3 aromatic rings. The van der Waals surface area contributed by atoms with E-state index in [0.717, 1.165) is 43.5 Å². The summed E-state index contributed by atoms with van der Waals surface area (Å²) in [6.45, 7) is 11.8. The molecular weight excluding hydrogens is 595 g/mol. The van der Waals surface area contributed by atoms with Gasteiger partial charge in [0.15, 0.2) is 0 Å². The van der Waals surface area contributed by atoms with Crippen LogP contribution in [0, 0.1) is 34.5 Å². The molecule has 0 saturated heterocycles. The normalized spacial score (nSPS) is 35.7. The van der Waals surface area contributed by atoms with Crippen molar-refractivity contribution in [2.75, 3.05) is 13.2 Å². The molecule has 8 atom stereocenters. The van der Waals surface area contributed by atoms with Gasteiger partial charge in [0.2, 0.25) is 0 Å². The molecule has 0 aliphatic heterocycles. The van der Waals surface area contributed by atoms with Crippen molar-refractivity contribution in [3.05, 3.63) is 77.2 Å². The molecule has 3 saturated carbocycles. The Hall–Kier alpha value is -1.87. The Morgan fingerprint density at radius 3 is 2.02 bits per heavy atom. The molecule has 5 nitrogen and oxygen atoms in total. The van der Waals surface area contributed by atoms with Crippen LogP contribution in [0.4, 0.5) is 0 Å². The zero-order valence-corrected chi connectivity index (χ0v) is 29.6. The Morgan fingerprint density at radius 1 is 0.867 bits per heavy atom. The first-order valence-electron chi connectivity index (χ1n) is 17.1. The number of fused-ring (bicyclic) bond motifs is 1. The van der Waals surface area contributed by atoms with E-state index in [4.69, 9.17) is 4.43 Å². The number of aliphatic hydroxyl groups excluding tert-OH is 2. The predicted octanol–water partition coefficient (Wildman–Crippen LogP) is 6.51. The maximum absolute atomic E-state index is 12.1. The molecular formula is C38H53NO4SSi. The van der Waals surface area contributed by atoms with Crippen molar-refractivity contribution in [2.45, 2.75) is 96.3 Å². The van der Waals surface area contributed by atoms with Gasteiger partial charge in [-0.1, -0.05) is 95.3 Å². The molecule has 45 heavy (non-hydrogen) atoms. The van der Waals surface area contributed by atoms with E-state index in [9.17, 15) is 15.3 Å². The van der Waals surface area contributed by atoms with Crippen LogP contribution >= 0.6 is 11.3 Å². The summed E-state index contributed by atoms with van der Waals surface area (Å²) in [4.78, 5) is 4.57. The third-order valence-corrected chi connectivity index (χ3v) is 18.9. The molecule has 3 fully saturated rings. The molecule has 0 spiro atoms. The Kier molecular flexibility index (Phi) is 9.03. The van der Waals surface area contributed by atoms with E-state index in [1.54, 1.807) is 17.5 Å². The van der Waals surface area contributed by atoms with E-state index in [2.05, 4.69) is 100 Å². The highest BCUT2D eigenvalue weighted by Gasteiger charge is 2.65. The smallest absolute Gasteiger partial charge is 0.261 e. The van der Waals surface area contributed by atoms with Crippen molar-refractivity contribution in [2.24, 2.45) is 34.5 Å². The Morgan fingerprint density at radius 2 is 1.49 bits per heavy atom. The first-order valence-corrected chi connectivity index (χ1v) is 19.9. The summed E-state index contributed by atoms with van der Waals surface area (Å²) in [6, 6.07) is 21.7. The SMILES string of the molecule is CC(C)(C)[Si](O[C@H]1CC[C@@](C)([C@H]2CC[C@@]3(C)[C@@H](CC[C@@]3(O)c3nccs3)[C@@H]2CO)[C@@H](CO)C1)(c1ccccc1)c1ccccc1. The summed E-state index contributed by atoms with van der Waals surface area (Å²) in [7, 11) is -2.71. The van der Waals surface area contributed by atoms with Gasteiger partial charge in [-0.25, -0.2) is 4.98 Å². The van der Waals surface area contributed by atoms with Gasteiger partial charge in [-0.2, -0.15) is 0 Å². The molecule has 0 radical (unpaired) electrons. The lowest BCUT2D eigenvalue weighted by Gasteiger charge is -2.58. The first kappa shape index (κ1) is 33.0. The molecule has 7 heteroatoms. The van der Waals surface area contributed by atoms with Gasteiger partial charge < -0.3 is 19.7 Å². The molecule has 0 bridgehead atoms. The average molecular weight is 648 g/mol. The minimum Gasteiger partial charge on any atom is -0.404 e. The molecule has 1 heterocycles. The molecule has 2 aromatic carbocycles. The number of aliphatic hydroxyl groups is 3. The minimum absolute atomic E-state index is 0.0458. The summed E-state index contributed by atoms with van der Waals surface area (Å²) >= 11 is 1.55. The van der Waals surface area contributed by atoms with Crippen LogP contribution in [0.1, 0.15) is 84.6 Å². The summed E-state index contributed by atoms with van der Waals surface area (Å²) in [6.07, 6.45) is 8.00. The fraction of sp³-hybridized carbons (Fsp3) is 0.605. The minimum atomic E-state index is -2.71. The van der Waals surface area contributed by atoms with Crippen molar-refractivity contribution < 1.29 is 19.7 Å². The monoisotopic (exact) mass is 647 g/mol. The fourth-order valence-corrected chi connectivity index (χ4v) is 16.0. The number of hydrogen-bond donors (Lipinski definition) is 3. The Bertz CT molecular complexity index is 1380. The maximum atomic E-state index is 12.1. The van der Waals surface area contributed by atoms with Gasteiger partial charge in [-0.05, 0) is 89.4 Å². The van der Waals surface area contributed by atoms with Gasteiger partial charge in [-0.3, -0.25) is 0 Å². The maximum Gasteiger partial charge on any atom is 0.261 e. The Balaban J connectivity index is 1.29. The van der Waals surface area contributed by atoms with Crippen molar-refractivity contribution in [3.8, 4) is 0 Å². The number of nitrogens with zero attached hydrogens (tertiary/aromatic N) is 1. The second kappa shape index (κ2) is 12.3. The zero-order chi connectivity index (χ0) is 32.1. The highest BCUT2D eigenvalue weighted by Crippen LogP contribution is 2.67. The van der Waals surface area contributed by atoms with Crippen LogP contribution in [0.15, 0.2) is 72.2 Å². The van der Waals surface area contributed by atoms with E-state index in [-0.39, 0.29) is 58.9 Å². The molecule has 3 N–H and O–H groups in total. The molecule has 0 unspecified atom stereocenters. The number of hydrogen-bond acceptors (Lipinski definition) is 6. The highest BCUT2D eigenvalue weighted by molar-refractivity contribution is 7.09. The summed E-state index contributed by atoms with van der Waals surface area (Å²) in [5.41, 5.74) is -1.37. The van der Waals surface area contributed by atoms with Gasteiger partial charge in [0.1, 0.15) is 10.6 Å². The number of aromatic nitrogens is 1. The van der Waals surface area contributed by atoms with Gasteiger partial charge in [-0.15, -0.1) is 11.3 Å². The largest absolute Gasteiger partial charge is 0.404 e. The van der Waals surface area contributed by atoms with E-state index >= 15 is 0 Å². The molecule has 3 aliphatic carbocycles. The average Bonchev–Trinajstić information content (AvgIpc) is 3.68. The molecule has 244 valence electrons. The van der Waals surface area contributed by atoms with Gasteiger partial charge in [0.25, 0.3) is 8.32 Å². The Labute approximate surface area is 275 Å². The van der Waals surface area contributed by atoms with Crippen LogP contribution in [0.2, 0.25) is 5.04 Å². The number of benzene rings is 2. The van der Waals surface area contributed by atoms with Gasteiger partial charge >= 0.3 is 0 Å². The zero-order valence-electron chi connectivity index (χ0n) is 27.8. The van der Waals surface area contributed by atoms with Crippen LogP contribution < -0.4 is 10.4 Å². The lowest BCUT2D eigenvalue weighted by Crippen LogP contribution is -2.68. The lowest BCUT2D eigenvalue weighted by molar-refractivity contribution is -0.152. The number of rotatable bonds is 8. The van der Waals surface area contributed by atoms with E-state index in [0.29, 0.717) is 6.42 Å². The topological polar surface area (TPSA) is 82.8 Å². The highest BCUT2D eigenvalue weighted by atomic mass is 32.1. The third-order valence-electron chi connectivity index (χ3n) is 12.9. The lowest BCUT2D eigenvalue weighted by atomic mass is 9.48. The van der Waals surface area contributed by atoms with Crippen LogP contribution in [-0.2, 0) is 10.0 Å². The van der Waals surface area contributed by atoms with Crippen molar-refractivity contribution in [1.29, 1.82) is 0 Å². The van der Waals surface area contributed by atoms with Crippen molar-refractivity contribution >= 4 is 30.0 Å². The molecule has 6 rings (SSSR count). The summed E-state index contributed by atoms with van der Waals surface area (Å²) < 4.78 is 7.58. The summed E-state index contributed by atoms with van der Waals surface area (Å²) in [5, 5.41) is 39.4. The van der Waals surface area contributed by atoms with Crippen LogP contribution in [0.3, 0.4) is 0 Å². The van der Waals surface area contributed by atoms with E-state index < -0.39 is 13.9 Å². The fourth-order valence-electron chi connectivity index (χ4n) is 10.4. The van der Waals surface area contributed by atoms with E-state index in [1.165, 1.54) is 10.4 Å². The molecule has 1 aromatic heterocycles. The number of thiazole rings is 1. The first-order chi connectivity index (χ1) is 21.4. The predicted molar refractivity (Wildman–Crippen MR) is 185 cm³/mol. The van der Waals surface area contributed by atoms with Gasteiger partial charge in [0.05, 0.1) is 0 Å². The quantitative estimate of drug-likeness (QED) is 0.243. The van der Waals surface area contributed by atoms with Crippen LogP contribution in [0.25, 0.3) is 0 Å². The van der Waals surface area contributed by atoms with Crippen LogP contribution in [-0.4, -0.2) is 47.9 Å². The third kappa shape index (κ3) is 5.21. The van der Waals surface area contributed by atoms with Gasteiger partial charge in [0, 0.05) is 36.3 Å². The van der Waals surface area contributed by atoms with Crippen LogP contribution in [0.5, 0.6) is 0 Å². The second-order valence-electron chi connectivity index (χ2n) is 15.8. The summed E-state index contributed by atoms with van der Waals surface area (Å²) in [5.74, 6) is 0.672. The molecule has 0 amide bonds. The van der Waals surface area contributed by atoms with Crippen molar-refractivity contribution in [3.63, 3.8) is 0 Å². The molecule has 3 aliphatic rings. The standard InChI is InChI=1S/C38H53NO4SSi/c1-35(2,3)45(29-12-8-6-9-13-29,30-14-10-7-11-15-30)43-28-16-19-36(4,27(24-28)25-40)32-17-20-37(5)33(31(32)26-41)18-21-38(37,42)34-39-22-23-44-34/h6-15,22-23,27-28,31-33,40-42H,16-21,24-26H2,1-5H3/t27-,28+,31-,32+,33+,36-,37+,38-/m1/s1. The second-order valence-corrected chi connectivity index (χ2v) is 21.0.